The maximum Gasteiger partial charge on any atom is 2.00 e. The Kier molecular flexibility index (Phi) is 59.2. The normalized spacial score (nSPS) is 12.3. The summed E-state index contributed by atoms with van der Waals surface area (Å²) in [5, 5.41) is 0. The zero-order chi connectivity index (χ0) is 58.0. The van der Waals surface area contributed by atoms with E-state index in [2.05, 4.69) is 116 Å². The molecule has 0 saturated carbocycles. The van der Waals surface area contributed by atoms with E-state index in [1.54, 1.807) is 0 Å². The van der Waals surface area contributed by atoms with Crippen molar-refractivity contribution in [1.29, 1.82) is 0 Å². The summed E-state index contributed by atoms with van der Waals surface area (Å²) in [5.41, 5.74) is 20.7. The number of hydrogen-bond acceptors (Lipinski definition) is 0. The van der Waals surface area contributed by atoms with E-state index in [1.165, 1.54) is 318 Å². The number of allylic oxidation sites excluding steroid dienone is 4. The summed E-state index contributed by atoms with van der Waals surface area (Å²) < 4.78 is 1.46. The van der Waals surface area contributed by atoms with E-state index in [4.69, 9.17) is 0 Å². The van der Waals surface area contributed by atoms with Crippen molar-refractivity contribution >= 4 is 11.4 Å². The van der Waals surface area contributed by atoms with Gasteiger partial charge >= 0.3 is 16.5 Å². The van der Waals surface area contributed by atoms with Crippen LogP contribution in [0, 0.1) is 13.8 Å². The second-order valence-electron chi connectivity index (χ2n) is 24.7. The molecular weight excluding hydrogens is 1020 g/mol. The molecule has 0 N–H and O–H groups in total. The molecule has 1 heterocycles. The molecule has 0 atom stereocenters. The average Bonchev–Trinajstić information content (AvgIpc) is 3.75. The Labute approximate surface area is 518 Å². The van der Waals surface area contributed by atoms with Crippen LogP contribution in [0.2, 0.25) is 0 Å². The molecule has 0 spiro atoms. The molecule has 0 amide bonds. The van der Waals surface area contributed by atoms with Gasteiger partial charge in [0.1, 0.15) is 0 Å². The standard InChI is InChI=1S/C38H54N2.2C20H41.Ni/c1-5-8-11-12-13-14-15-16-17-18-19-28-36-31(4)37(34-26-20-24-32(29-34)22-9-6-2)40(39)38(36)35-27-21-25-33(30-35)23-10-7-3;2*1-3-5-7-9-11-13-15-17-19-20-18-16-14-12-10-8-6-4-2;/h19-21,24-30H,5-18,22-23H2,1-4H3;2*1,3-20H2,2H3;/q;2*-1;+2. The SMILES string of the molecule is CCCCCCCCCCCC=CC1=C(c2cccc(CCCC)c2)[N+](=[N-])C(c2cccc(CCCC)c2)=C1C.[CH2-]CCCCCCCCCCCCCCCCCCC.[CH2-]CCCCCCCCCCCCCCCCCCC.[Ni+2]. The molecule has 0 saturated heterocycles. The van der Waals surface area contributed by atoms with Crippen molar-refractivity contribution in [3.05, 3.63) is 113 Å². The average molecular weight is 1160 g/mol. The summed E-state index contributed by atoms with van der Waals surface area (Å²) in [7, 11) is 0. The molecular formula is C78H136N2Ni. The van der Waals surface area contributed by atoms with Crippen LogP contribution in [0.15, 0.2) is 71.8 Å². The van der Waals surface area contributed by atoms with E-state index < -0.39 is 0 Å². The molecule has 0 aliphatic carbocycles. The van der Waals surface area contributed by atoms with Crippen LogP contribution in [0.5, 0.6) is 0 Å². The van der Waals surface area contributed by atoms with Gasteiger partial charge in [0.2, 0.25) is 11.4 Å². The molecule has 3 heteroatoms. The zero-order valence-electron chi connectivity index (χ0n) is 55.2. The minimum absolute atomic E-state index is 0. The van der Waals surface area contributed by atoms with Crippen LogP contribution >= 0.6 is 0 Å². The van der Waals surface area contributed by atoms with Gasteiger partial charge in [0.05, 0.1) is 5.57 Å². The smallest absolute Gasteiger partial charge is 0.493 e. The molecule has 0 unspecified atom stereocenters. The van der Waals surface area contributed by atoms with Gasteiger partial charge in [-0.3, -0.25) is 0 Å². The second kappa shape index (κ2) is 60.9. The maximum atomic E-state index is 11.7. The van der Waals surface area contributed by atoms with Crippen molar-refractivity contribution in [1.82, 2.24) is 0 Å². The minimum Gasteiger partial charge on any atom is -0.493 e. The van der Waals surface area contributed by atoms with E-state index in [1.807, 2.05) is 0 Å². The summed E-state index contributed by atoms with van der Waals surface area (Å²) in [6.07, 6.45) is 76.4. The van der Waals surface area contributed by atoms with Crippen LogP contribution in [-0.2, 0) is 29.3 Å². The molecule has 2 aromatic rings. The quantitative estimate of drug-likeness (QED) is 0.0273. The van der Waals surface area contributed by atoms with Crippen molar-refractivity contribution in [2.45, 2.75) is 375 Å². The van der Waals surface area contributed by atoms with Crippen LogP contribution in [0.25, 0.3) is 16.9 Å². The van der Waals surface area contributed by atoms with Crippen LogP contribution in [0.4, 0.5) is 0 Å². The molecule has 3 rings (SSSR count). The molecule has 0 aromatic heterocycles. The first-order valence-electron chi connectivity index (χ1n) is 35.8. The van der Waals surface area contributed by atoms with Crippen molar-refractivity contribution in [2.75, 3.05) is 0 Å². The Hall–Kier alpha value is -2.25. The fourth-order valence-corrected chi connectivity index (χ4v) is 11.6. The zero-order valence-corrected chi connectivity index (χ0v) is 56.2. The van der Waals surface area contributed by atoms with Gasteiger partial charge in [-0.15, -0.1) is 0 Å². The number of aryl methyl sites for hydroxylation is 2. The number of benzene rings is 2. The number of rotatable bonds is 53. The van der Waals surface area contributed by atoms with Crippen LogP contribution < -0.4 is 0 Å². The predicted octanol–water partition coefficient (Wildman–Crippen LogP) is 27.8. The van der Waals surface area contributed by atoms with Gasteiger partial charge in [0, 0.05) is 16.7 Å². The summed E-state index contributed by atoms with van der Waals surface area (Å²) >= 11 is 0. The third-order valence-corrected chi connectivity index (χ3v) is 16.9. The Morgan fingerprint density at radius 2 is 0.630 bits per heavy atom. The van der Waals surface area contributed by atoms with E-state index in [0.29, 0.717) is 0 Å². The minimum atomic E-state index is 0. The molecule has 2 aromatic carbocycles. The van der Waals surface area contributed by atoms with E-state index >= 15 is 0 Å². The maximum absolute atomic E-state index is 11.7. The monoisotopic (exact) mass is 1160 g/mol. The summed E-state index contributed by atoms with van der Waals surface area (Å²) in [5.74, 6) is 0. The topological polar surface area (TPSA) is 25.3 Å². The van der Waals surface area contributed by atoms with Crippen molar-refractivity contribution in [3.63, 3.8) is 0 Å². The molecule has 0 radical (unpaired) electrons. The number of unbranched alkanes of at least 4 members (excludes halogenated alkanes) is 45. The van der Waals surface area contributed by atoms with E-state index in [9.17, 15) is 5.53 Å². The summed E-state index contributed by atoms with van der Waals surface area (Å²) in [6.45, 7) is 21.3. The molecule has 0 fully saturated rings. The van der Waals surface area contributed by atoms with Gasteiger partial charge in [-0.2, -0.15) is 12.8 Å². The van der Waals surface area contributed by atoms with Gasteiger partial charge in [-0.1, -0.05) is 354 Å². The van der Waals surface area contributed by atoms with Crippen LogP contribution in [0.1, 0.15) is 385 Å². The third-order valence-electron chi connectivity index (χ3n) is 16.9. The Balaban J connectivity index is 0.00000132. The van der Waals surface area contributed by atoms with Crippen molar-refractivity contribution in [3.8, 4) is 0 Å². The van der Waals surface area contributed by atoms with Crippen LogP contribution in [0.3, 0.4) is 0 Å². The van der Waals surface area contributed by atoms with Gasteiger partial charge in [0.15, 0.2) is 0 Å². The van der Waals surface area contributed by atoms with Crippen LogP contribution in [-0.4, -0.2) is 4.70 Å². The third kappa shape index (κ3) is 44.0. The predicted molar refractivity (Wildman–Crippen MR) is 362 cm³/mol. The first-order valence-corrected chi connectivity index (χ1v) is 35.8. The van der Waals surface area contributed by atoms with Crippen molar-refractivity contribution < 1.29 is 21.2 Å². The Morgan fingerprint density at radius 1 is 0.358 bits per heavy atom. The van der Waals surface area contributed by atoms with E-state index in [-0.39, 0.29) is 16.5 Å². The summed E-state index contributed by atoms with van der Waals surface area (Å²) in [6, 6.07) is 17.5. The van der Waals surface area contributed by atoms with Gasteiger partial charge in [-0.25, -0.2) is 4.70 Å². The molecule has 0 bridgehead atoms. The Bertz CT molecular complexity index is 1690. The van der Waals surface area contributed by atoms with Gasteiger partial charge in [-0.05, 0) is 80.8 Å². The first-order chi connectivity index (χ1) is 39.4. The summed E-state index contributed by atoms with van der Waals surface area (Å²) in [4.78, 5) is 0. The van der Waals surface area contributed by atoms with Gasteiger partial charge < -0.3 is 19.4 Å². The molecule has 468 valence electrons. The Morgan fingerprint density at radius 3 is 0.926 bits per heavy atom. The van der Waals surface area contributed by atoms with E-state index in [0.717, 1.165) is 65.8 Å². The van der Waals surface area contributed by atoms with Crippen molar-refractivity contribution in [2.24, 2.45) is 0 Å². The second-order valence-corrected chi connectivity index (χ2v) is 24.7. The first kappa shape index (κ1) is 78.8. The number of nitrogens with zero attached hydrogens (tertiary/aromatic N) is 2. The molecule has 2 nitrogen and oxygen atoms in total. The fraction of sp³-hybridized carbons (Fsp3) is 0.744. The molecule has 1 aliphatic rings. The number of hydrogen-bond donors (Lipinski definition) is 0. The molecule has 81 heavy (non-hydrogen) atoms. The fourth-order valence-electron chi connectivity index (χ4n) is 11.6. The molecule has 1 aliphatic heterocycles. The largest absolute Gasteiger partial charge is 2.00 e. The van der Waals surface area contributed by atoms with Gasteiger partial charge in [0.25, 0.3) is 0 Å².